The predicted molar refractivity (Wildman–Crippen MR) is 90.1 cm³/mol. The lowest BCUT2D eigenvalue weighted by Crippen LogP contribution is -2.41. The summed E-state index contributed by atoms with van der Waals surface area (Å²) in [5.74, 6) is 4.58. The fourth-order valence-corrected chi connectivity index (χ4v) is 4.86. The first-order valence-corrected chi connectivity index (χ1v) is 9.65. The summed E-state index contributed by atoms with van der Waals surface area (Å²) in [7, 11) is 0. The van der Waals surface area contributed by atoms with Gasteiger partial charge in [-0.15, -0.1) is 0 Å². The first-order chi connectivity index (χ1) is 10.3. The Labute approximate surface area is 133 Å². The molecule has 3 heterocycles. The van der Waals surface area contributed by atoms with Crippen molar-refractivity contribution in [3.05, 3.63) is 0 Å². The van der Waals surface area contributed by atoms with Crippen LogP contribution in [0.1, 0.15) is 32.6 Å². The molecule has 0 bridgehead atoms. The highest BCUT2D eigenvalue weighted by molar-refractivity contribution is 7.99. The van der Waals surface area contributed by atoms with E-state index in [1.165, 1.54) is 37.2 Å². The molecule has 0 aromatic rings. The van der Waals surface area contributed by atoms with Gasteiger partial charge in [0, 0.05) is 38.2 Å². The van der Waals surface area contributed by atoms with Crippen molar-refractivity contribution in [3.63, 3.8) is 0 Å². The SMILES string of the molecule is CCNC(=NCC1CCSCC1)N1CCC2(CCOC2)C1. The second-order valence-electron chi connectivity index (χ2n) is 6.72. The molecule has 3 aliphatic heterocycles. The fourth-order valence-electron chi connectivity index (χ4n) is 3.66. The van der Waals surface area contributed by atoms with Crippen molar-refractivity contribution in [2.24, 2.45) is 16.3 Å². The summed E-state index contributed by atoms with van der Waals surface area (Å²) in [5.41, 5.74) is 0.414. The summed E-state index contributed by atoms with van der Waals surface area (Å²) in [6.45, 7) is 8.28. The van der Waals surface area contributed by atoms with Gasteiger partial charge in [-0.1, -0.05) is 0 Å². The Kier molecular flexibility index (Phi) is 5.33. The molecule has 1 spiro atoms. The molecule has 21 heavy (non-hydrogen) atoms. The number of guanidine groups is 1. The number of rotatable bonds is 3. The molecule has 3 rings (SSSR count). The predicted octanol–water partition coefficient (Wildman–Crippen LogP) is 2.21. The average Bonchev–Trinajstić information content (AvgIpc) is 3.15. The normalized spacial score (nSPS) is 31.3. The van der Waals surface area contributed by atoms with Crippen LogP contribution in [0.3, 0.4) is 0 Å². The van der Waals surface area contributed by atoms with Crippen LogP contribution < -0.4 is 5.32 Å². The van der Waals surface area contributed by atoms with Gasteiger partial charge >= 0.3 is 0 Å². The van der Waals surface area contributed by atoms with E-state index in [2.05, 4.69) is 28.9 Å². The Hall–Kier alpha value is -0.420. The van der Waals surface area contributed by atoms with Crippen molar-refractivity contribution in [3.8, 4) is 0 Å². The van der Waals surface area contributed by atoms with Gasteiger partial charge in [0.2, 0.25) is 0 Å². The third-order valence-electron chi connectivity index (χ3n) is 5.10. The Bertz CT molecular complexity index is 363. The van der Waals surface area contributed by atoms with Crippen LogP contribution in [0.2, 0.25) is 0 Å². The molecule has 3 fully saturated rings. The lowest BCUT2D eigenvalue weighted by Gasteiger charge is -2.26. The van der Waals surface area contributed by atoms with Crippen LogP contribution in [0.4, 0.5) is 0 Å². The number of hydrogen-bond acceptors (Lipinski definition) is 3. The molecule has 1 atom stereocenters. The number of aliphatic imine (C=N–C) groups is 1. The third kappa shape index (κ3) is 3.86. The maximum Gasteiger partial charge on any atom is 0.193 e. The quantitative estimate of drug-likeness (QED) is 0.640. The number of thioether (sulfide) groups is 1. The number of likely N-dealkylation sites (tertiary alicyclic amines) is 1. The summed E-state index contributed by atoms with van der Waals surface area (Å²) in [4.78, 5) is 7.42. The van der Waals surface area contributed by atoms with Gasteiger partial charge in [-0.3, -0.25) is 4.99 Å². The second kappa shape index (κ2) is 7.23. The van der Waals surface area contributed by atoms with Crippen molar-refractivity contribution in [1.82, 2.24) is 10.2 Å². The van der Waals surface area contributed by atoms with Crippen LogP contribution in [0.15, 0.2) is 4.99 Å². The zero-order chi connectivity index (χ0) is 14.5. The minimum absolute atomic E-state index is 0.414. The van der Waals surface area contributed by atoms with Crippen molar-refractivity contribution in [2.75, 3.05) is 50.9 Å². The Morgan fingerprint density at radius 3 is 2.95 bits per heavy atom. The average molecular weight is 311 g/mol. The zero-order valence-electron chi connectivity index (χ0n) is 13.3. The first-order valence-electron chi connectivity index (χ1n) is 8.50. The molecular weight excluding hydrogens is 282 g/mol. The molecule has 0 aromatic heterocycles. The van der Waals surface area contributed by atoms with E-state index in [1.807, 2.05) is 0 Å². The van der Waals surface area contributed by atoms with E-state index >= 15 is 0 Å². The summed E-state index contributed by atoms with van der Waals surface area (Å²) >= 11 is 2.09. The zero-order valence-corrected chi connectivity index (χ0v) is 14.1. The second-order valence-corrected chi connectivity index (χ2v) is 7.95. The minimum atomic E-state index is 0.414. The van der Waals surface area contributed by atoms with Crippen LogP contribution in [0, 0.1) is 11.3 Å². The van der Waals surface area contributed by atoms with Gasteiger partial charge in [-0.25, -0.2) is 0 Å². The monoisotopic (exact) mass is 311 g/mol. The molecule has 120 valence electrons. The Balaban J connectivity index is 1.58. The van der Waals surface area contributed by atoms with Crippen LogP contribution in [0.25, 0.3) is 0 Å². The van der Waals surface area contributed by atoms with Gasteiger partial charge in [0.15, 0.2) is 5.96 Å². The molecule has 0 aromatic carbocycles. The van der Waals surface area contributed by atoms with Crippen LogP contribution in [-0.4, -0.2) is 61.8 Å². The summed E-state index contributed by atoms with van der Waals surface area (Å²) in [5, 5.41) is 3.50. The molecule has 0 saturated carbocycles. The fraction of sp³-hybridized carbons (Fsp3) is 0.938. The van der Waals surface area contributed by atoms with E-state index in [-0.39, 0.29) is 0 Å². The van der Waals surface area contributed by atoms with Crippen molar-refractivity contribution in [2.45, 2.75) is 32.6 Å². The van der Waals surface area contributed by atoms with Crippen molar-refractivity contribution < 1.29 is 4.74 Å². The summed E-state index contributed by atoms with van der Waals surface area (Å²) < 4.78 is 5.64. The number of hydrogen-bond donors (Lipinski definition) is 1. The molecule has 0 radical (unpaired) electrons. The van der Waals surface area contributed by atoms with Crippen LogP contribution >= 0.6 is 11.8 Å². The third-order valence-corrected chi connectivity index (χ3v) is 6.15. The van der Waals surface area contributed by atoms with E-state index < -0.39 is 0 Å². The molecule has 1 N–H and O–H groups in total. The maximum atomic E-state index is 5.64. The van der Waals surface area contributed by atoms with E-state index in [0.717, 1.165) is 51.3 Å². The lowest BCUT2D eigenvalue weighted by molar-refractivity contribution is 0.156. The molecular formula is C16H29N3OS. The smallest absolute Gasteiger partial charge is 0.193 e. The van der Waals surface area contributed by atoms with Gasteiger partial charge in [0.1, 0.15) is 0 Å². The summed E-state index contributed by atoms with van der Waals surface area (Å²) in [6, 6.07) is 0. The highest BCUT2D eigenvalue weighted by Crippen LogP contribution is 2.38. The molecule has 3 aliphatic rings. The topological polar surface area (TPSA) is 36.9 Å². The van der Waals surface area contributed by atoms with Crippen LogP contribution in [-0.2, 0) is 4.74 Å². The molecule has 3 saturated heterocycles. The maximum absolute atomic E-state index is 5.64. The Morgan fingerprint density at radius 1 is 1.38 bits per heavy atom. The number of nitrogens with one attached hydrogen (secondary N) is 1. The molecule has 4 nitrogen and oxygen atoms in total. The Morgan fingerprint density at radius 2 is 2.24 bits per heavy atom. The molecule has 1 unspecified atom stereocenters. The van der Waals surface area contributed by atoms with Gasteiger partial charge in [-0.2, -0.15) is 11.8 Å². The molecule has 0 aliphatic carbocycles. The first kappa shape index (κ1) is 15.5. The summed E-state index contributed by atoms with van der Waals surface area (Å²) in [6.07, 6.45) is 5.16. The molecule has 5 heteroatoms. The van der Waals surface area contributed by atoms with Crippen molar-refractivity contribution >= 4 is 17.7 Å². The van der Waals surface area contributed by atoms with Gasteiger partial charge in [0.05, 0.1) is 6.61 Å². The lowest BCUT2D eigenvalue weighted by atomic mass is 9.87. The van der Waals surface area contributed by atoms with Crippen LogP contribution in [0.5, 0.6) is 0 Å². The van der Waals surface area contributed by atoms with Gasteiger partial charge in [0.25, 0.3) is 0 Å². The number of ether oxygens (including phenoxy) is 1. The van der Waals surface area contributed by atoms with E-state index in [4.69, 9.17) is 9.73 Å². The van der Waals surface area contributed by atoms with E-state index in [0.29, 0.717) is 5.41 Å². The molecule has 0 amide bonds. The van der Waals surface area contributed by atoms with E-state index in [1.54, 1.807) is 0 Å². The standard InChI is InChI=1S/C16H29N3OS/c1-2-17-15(18-11-14-3-9-21-10-4-14)19-7-5-16(12-19)6-8-20-13-16/h14H,2-13H2,1H3,(H,17,18). The number of nitrogens with zero attached hydrogens (tertiary/aromatic N) is 2. The van der Waals surface area contributed by atoms with Crippen molar-refractivity contribution in [1.29, 1.82) is 0 Å². The highest BCUT2D eigenvalue weighted by Gasteiger charge is 2.42. The van der Waals surface area contributed by atoms with Gasteiger partial charge < -0.3 is 15.0 Å². The largest absolute Gasteiger partial charge is 0.381 e. The van der Waals surface area contributed by atoms with Gasteiger partial charge in [-0.05, 0) is 50.0 Å². The minimum Gasteiger partial charge on any atom is -0.381 e. The highest BCUT2D eigenvalue weighted by atomic mass is 32.2. The van der Waals surface area contributed by atoms with E-state index in [9.17, 15) is 0 Å².